The van der Waals surface area contributed by atoms with Gasteiger partial charge in [-0.2, -0.15) is 0 Å². The van der Waals surface area contributed by atoms with Crippen molar-refractivity contribution < 1.29 is 19.4 Å². The molecule has 0 aromatic carbocycles. The Hall–Kier alpha value is -1.10. The van der Waals surface area contributed by atoms with Gasteiger partial charge >= 0.3 is 5.97 Å². The van der Waals surface area contributed by atoms with Gasteiger partial charge in [-0.05, 0) is 0 Å². The summed E-state index contributed by atoms with van der Waals surface area (Å²) < 4.78 is 4.83. The lowest BCUT2D eigenvalue weighted by atomic mass is 9.94. The molecule has 0 atom stereocenters. The van der Waals surface area contributed by atoms with Crippen molar-refractivity contribution in [1.82, 2.24) is 4.90 Å². The molecule has 5 heteroatoms. The van der Waals surface area contributed by atoms with Crippen LogP contribution >= 0.6 is 0 Å². The number of ether oxygens (including phenoxy) is 1. The van der Waals surface area contributed by atoms with Gasteiger partial charge in [0.05, 0.1) is 6.61 Å². The second-order valence-corrected chi connectivity index (χ2v) is 4.36. The first-order valence-electron chi connectivity index (χ1n) is 4.79. The Kier molecular flexibility index (Phi) is 5.28. The highest BCUT2D eigenvalue weighted by molar-refractivity contribution is 5.85. The molecular weight excluding hydrogens is 198 g/mol. The molecule has 0 unspecified atom stereocenters. The van der Waals surface area contributed by atoms with E-state index in [0.717, 1.165) is 0 Å². The Balaban J connectivity index is 4.47. The summed E-state index contributed by atoms with van der Waals surface area (Å²) in [6.45, 7) is 5.65. The van der Waals surface area contributed by atoms with Crippen molar-refractivity contribution in [2.24, 2.45) is 5.41 Å². The number of carbonyl (C=O) groups is 2. The number of carboxylic acids is 1. The van der Waals surface area contributed by atoms with Gasteiger partial charge in [0.1, 0.15) is 6.54 Å². The fourth-order valence-electron chi connectivity index (χ4n) is 1.09. The first-order valence-corrected chi connectivity index (χ1v) is 4.79. The molecule has 0 rings (SSSR count). The summed E-state index contributed by atoms with van der Waals surface area (Å²) in [5.74, 6) is -1.19. The molecular formula is C10H19NO4. The van der Waals surface area contributed by atoms with E-state index in [4.69, 9.17) is 9.84 Å². The first-order chi connectivity index (χ1) is 6.79. The summed E-state index contributed by atoms with van der Waals surface area (Å²) >= 11 is 0. The van der Waals surface area contributed by atoms with Crippen LogP contribution in [-0.2, 0) is 14.3 Å². The lowest BCUT2D eigenvalue weighted by Crippen LogP contribution is -2.43. The van der Waals surface area contributed by atoms with Crippen molar-refractivity contribution in [2.75, 3.05) is 26.8 Å². The van der Waals surface area contributed by atoms with Crippen LogP contribution in [0.15, 0.2) is 0 Å². The van der Waals surface area contributed by atoms with Gasteiger partial charge in [-0.25, -0.2) is 0 Å². The van der Waals surface area contributed by atoms with Crippen LogP contribution in [0.25, 0.3) is 0 Å². The average molecular weight is 217 g/mol. The average Bonchev–Trinajstić information content (AvgIpc) is 2.09. The van der Waals surface area contributed by atoms with Crippen molar-refractivity contribution in [3.05, 3.63) is 0 Å². The molecule has 0 aromatic heterocycles. The molecule has 0 saturated carbocycles. The fourth-order valence-corrected chi connectivity index (χ4v) is 1.09. The lowest BCUT2D eigenvalue weighted by molar-refractivity contribution is -0.148. The normalized spacial score (nSPS) is 11.2. The molecule has 0 radical (unpaired) electrons. The fraction of sp³-hybridized carbons (Fsp3) is 0.800. The number of carboxylic acid groups (broad SMARTS) is 1. The minimum atomic E-state index is -1.01. The van der Waals surface area contributed by atoms with E-state index in [1.807, 2.05) is 0 Å². The standard InChI is InChI=1S/C10H19NO4/c1-10(2,3)9(14)11(5-6-15-4)7-8(12)13/h5-7H2,1-4H3,(H,12,13). The van der Waals surface area contributed by atoms with Crippen molar-refractivity contribution >= 4 is 11.9 Å². The zero-order chi connectivity index (χ0) is 12.1. The Bertz CT molecular complexity index is 232. The highest BCUT2D eigenvalue weighted by Gasteiger charge is 2.28. The van der Waals surface area contributed by atoms with Crippen molar-refractivity contribution in [3.8, 4) is 0 Å². The van der Waals surface area contributed by atoms with E-state index < -0.39 is 11.4 Å². The quantitative estimate of drug-likeness (QED) is 0.732. The van der Waals surface area contributed by atoms with E-state index >= 15 is 0 Å². The van der Waals surface area contributed by atoms with Gasteiger partial charge in [0, 0.05) is 19.1 Å². The summed E-state index contributed by atoms with van der Waals surface area (Å²) in [5.41, 5.74) is -0.566. The molecule has 5 nitrogen and oxygen atoms in total. The van der Waals surface area contributed by atoms with Gasteiger partial charge in [0.15, 0.2) is 0 Å². The molecule has 1 N–H and O–H groups in total. The molecule has 0 heterocycles. The van der Waals surface area contributed by atoms with Crippen molar-refractivity contribution in [3.63, 3.8) is 0 Å². The summed E-state index contributed by atoms with van der Waals surface area (Å²) in [4.78, 5) is 23.7. The van der Waals surface area contributed by atoms with Crippen LogP contribution in [-0.4, -0.2) is 48.7 Å². The summed E-state index contributed by atoms with van der Waals surface area (Å²) in [6.07, 6.45) is 0. The molecule has 15 heavy (non-hydrogen) atoms. The number of carbonyl (C=O) groups excluding carboxylic acids is 1. The van der Waals surface area contributed by atoms with Crippen LogP contribution in [0.4, 0.5) is 0 Å². The van der Waals surface area contributed by atoms with Crippen LogP contribution < -0.4 is 0 Å². The maximum absolute atomic E-state index is 11.8. The molecule has 88 valence electrons. The summed E-state index contributed by atoms with van der Waals surface area (Å²) in [7, 11) is 1.51. The van der Waals surface area contributed by atoms with Crippen molar-refractivity contribution in [1.29, 1.82) is 0 Å². The highest BCUT2D eigenvalue weighted by atomic mass is 16.5. The largest absolute Gasteiger partial charge is 0.480 e. The third-order valence-corrected chi connectivity index (χ3v) is 1.82. The monoisotopic (exact) mass is 217 g/mol. The number of aliphatic carboxylic acids is 1. The topological polar surface area (TPSA) is 66.8 Å². The van der Waals surface area contributed by atoms with Crippen LogP contribution in [0, 0.1) is 5.41 Å². The van der Waals surface area contributed by atoms with Gasteiger partial charge in [0.2, 0.25) is 5.91 Å². The highest BCUT2D eigenvalue weighted by Crippen LogP contribution is 2.16. The Morgan fingerprint density at radius 3 is 2.20 bits per heavy atom. The Labute approximate surface area is 90.0 Å². The Morgan fingerprint density at radius 1 is 1.33 bits per heavy atom. The minimum absolute atomic E-state index is 0.179. The molecule has 0 aliphatic rings. The molecule has 0 spiro atoms. The lowest BCUT2D eigenvalue weighted by Gasteiger charge is -2.27. The van der Waals surface area contributed by atoms with Crippen LogP contribution in [0.2, 0.25) is 0 Å². The zero-order valence-corrected chi connectivity index (χ0v) is 9.74. The smallest absolute Gasteiger partial charge is 0.323 e. The second-order valence-electron chi connectivity index (χ2n) is 4.36. The number of hydrogen-bond acceptors (Lipinski definition) is 3. The van der Waals surface area contributed by atoms with E-state index in [1.165, 1.54) is 12.0 Å². The molecule has 0 aliphatic carbocycles. The molecule has 0 aromatic rings. The number of amides is 1. The molecule has 1 amide bonds. The van der Waals surface area contributed by atoms with E-state index in [0.29, 0.717) is 13.2 Å². The predicted octanol–water partition coefficient (Wildman–Crippen LogP) is 0.592. The van der Waals surface area contributed by atoms with E-state index in [-0.39, 0.29) is 12.5 Å². The summed E-state index contributed by atoms with van der Waals surface area (Å²) in [5, 5.41) is 8.66. The minimum Gasteiger partial charge on any atom is -0.480 e. The van der Waals surface area contributed by atoms with E-state index in [9.17, 15) is 9.59 Å². The summed E-state index contributed by atoms with van der Waals surface area (Å²) in [6, 6.07) is 0. The third-order valence-electron chi connectivity index (χ3n) is 1.82. The molecule has 0 fully saturated rings. The maximum atomic E-state index is 11.8. The molecule has 0 bridgehead atoms. The zero-order valence-electron chi connectivity index (χ0n) is 9.74. The maximum Gasteiger partial charge on any atom is 0.323 e. The third kappa shape index (κ3) is 5.37. The number of methoxy groups -OCH3 is 1. The number of nitrogens with zero attached hydrogens (tertiary/aromatic N) is 1. The van der Waals surface area contributed by atoms with E-state index in [2.05, 4.69) is 0 Å². The van der Waals surface area contributed by atoms with Gasteiger partial charge in [0.25, 0.3) is 0 Å². The van der Waals surface area contributed by atoms with Crippen LogP contribution in [0.5, 0.6) is 0 Å². The Morgan fingerprint density at radius 2 is 1.87 bits per heavy atom. The molecule has 0 saturated heterocycles. The van der Waals surface area contributed by atoms with Crippen molar-refractivity contribution in [2.45, 2.75) is 20.8 Å². The first kappa shape index (κ1) is 13.9. The van der Waals surface area contributed by atoms with Crippen LogP contribution in [0.3, 0.4) is 0 Å². The number of rotatable bonds is 5. The molecule has 0 aliphatic heterocycles. The van der Waals surface area contributed by atoms with Gasteiger partial charge in [-0.1, -0.05) is 20.8 Å². The second kappa shape index (κ2) is 5.70. The van der Waals surface area contributed by atoms with Gasteiger partial charge in [-0.3, -0.25) is 9.59 Å². The SMILES string of the molecule is COCCN(CC(=O)O)C(=O)C(C)(C)C. The number of hydrogen-bond donors (Lipinski definition) is 1. The van der Waals surface area contributed by atoms with Gasteiger partial charge < -0.3 is 14.7 Å². The van der Waals surface area contributed by atoms with E-state index in [1.54, 1.807) is 20.8 Å². The van der Waals surface area contributed by atoms with Crippen LogP contribution in [0.1, 0.15) is 20.8 Å². The van der Waals surface area contributed by atoms with Gasteiger partial charge in [-0.15, -0.1) is 0 Å². The predicted molar refractivity (Wildman–Crippen MR) is 55.5 cm³/mol.